The van der Waals surface area contributed by atoms with Crippen molar-refractivity contribution in [3.63, 3.8) is 0 Å². The standard InChI is InChI=1S/C8H17N3O/c1-11(2)8(12)7-3-4-9-5-6-10-7/h7,9-10H,3-6H2,1-2H3. The molecule has 1 rings (SSSR count). The van der Waals surface area contributed by atoms with Gasteiger partial charge in [-0.15, -0.1) is 0 Å². The summed E-state index contributed by atoms with van der Waals surface area (Å²) < 4.78 is 0. The smallest absolute Gasteiger partial charge is 0.239 e. The molecule has 1 saturated heterocycles. The van der Waals surface area contributed by atoms with Crippen LogP contribution in [-0.4, -0.2) is 50.6 Å². The van der Waals surface area contributed by atoms with Crippen LogP contribution in [0.5, 0.6) is 0 Å². The molecule has 1 aliphatic rings. The molecule has 0 saturated carbocycles. The van der Waals surface area contributed by atoms with Gasteiger partial charge in [0.05, 0.1) is 6.04 Å². The van der Waals surface area contributed by atoms with Crippen LogP contribution in [0, 0.1) is 0 Å². The summed E-state index contributed by atoms with van der Waals surface area (Å²) in [7, 11) is 3.59. The third kappa shape index (κ3) is 2.46. The summed E-state index contributed by atoms with van der Waals surface area (Å²) in [5, 5.41) is 6.45. The Kier molecular flexibility index (Phi) is 3.49. The maximum atomic E-state index is 11.5. The molecule has 0 bridgehead atoms. The molecule has 1 amide bonds. The average Bonchev–Trinajstić information content (AvgIpc) is 2.30. The molecule has 1 atom stereocenters. The second-order valence-electron chi connectivity index (χ2n) is 3.28. The third-order valence-electron chi connectivity index (χ3n) is 2.04. The maximum absolute atomic E-state index is 11.5. The number of hydrogen-bond donors (Lipinski definition) is 2. The van der Waals surface area contributed by atoms with E-state index in [1.165, 1.54) is 0 Å². The van der Waals surface area contributed by atoms with E-state index >= 15 is 0 Å². The quantitative estimate of drug-likeness (QED) is 0.533. The highest BCUT2D eigenvalue weighted by atomic mass is 16.2. The summed E-state index contributed by atoms with van der Waals surface area (Å²) in [6, 6.07) is 0.00926. The fraction of sp³-hybridized carbons (Fsp3) is 0.875. The SMILES string of the molecule is CN(C)C(=O)C1CCNCCN1. The van der Waals surface area contributed by atoms with Gasteiger partial charge in [0, 0.05) is 27.2 Å². The predicted molar refractivity (Wildman–Crippen MR) is 48.0 cm³/mol. The number of carbonyl (C=O) groups excluding carboxylic acids is 1. The Hall–Kier alpha value is -0.610. The Balaban J connectivity index is 2.43. The normalized spacial score (nSPS) is 24.7. The lowest BCUT2D eigenvalue weighted by atomic mass is 10.2. The van der Waals surface area contributed by atoms with Crippen molar-refractivity contribution in [1.82, 2.24) is 15.5 Å². The van der Waals surface area contributed by atoms with Gasteiger partial charge in [0.1, 0.15) is 0 Å². The van der Waals surface area contributed by atoms with Gasteiger partial charge >= 0.3 is 0 Å². The van der Waals surface area contributed by atoms with Gasteiger partial charge in [0.15, 0.2) is 0 Å². The molecular weight excluding hydrogens is 154 g/mol. The molecule has 4 nitrogen and oxygen atoms in total. The molecule has 1 heterocycles. The van der Waals surface area contributed by atoms with Crippen molar-refractivity contribution in [1.29, 1.82) is 0 Å². The van der Waals surface area contributed by atoms with Crippen LogP contribution < -0.4 is 10.6 Å². The van der Waals surface area contributed by atoms with E-state index in [0.29, 0.717) is 0 Å². The van der Waals surface area contributed by atoms with Crippen LogP contribution in [-0.2, 0) is 4.79 Å². The van der Waals surface area contributed by atoms with Crippen molar-refractivity contribution in [3.8, 4) is 0 Å². The van der Waals surface area contributed by atoms with Gasteiger partial charge in [-0.25, -0.2) is 0 Å². The molecule has 12 heavy (non-hydrogen) atoms. The Morgan fingerprint density at radius 2 is 2.08 bits per heavy atom. The molecule has 0 aromatic rings. The first-order valence-electron chi connectivity index (χ1n) is 4.37. The van der Waals surface area contributed by atoms with Crippen molar-refractivity contribution < 1.29 is 4.79 Å². The molecule has 4 heteroatoms. The molecule has 1 aliphatic heterocycles. The lowest BCUT2D eigenvalue weighted by molar-refractivity contribution is -0.130. The van der Waals surface area contributed by atoms with E-state index in [9.17, 15) is 4.79 Å². The number of nitrogens with one attached hydrogen (secondary N) is 2. The third-order valence-corrected chi connectivity index (χ3v) is 2.04. The van der Waals surface area contributed by atoms with Crippen molar-refractivity contribution >= 4 is 5.91 Å². The van der Waals surface area contributed by atoms with Crippen molar-refractivity contribution in [3.05, 3.63) is 0 Å². The minimum absolute atomic E-state index is 0.00926. The van der Waals surface area contributed by atoms with Crippen LogP contribution in [0.4, 0.5) is 0 Å². The Morgan fingerprint density at radius 3 is 2.75 bits per heavy atom. The first-order chi connectivity index (χ1) is 5.72. The predicted octanol–water partition coefficient (Wildman–Crippen LogP) is -0.974. The van der Waals surface area contributed by atoms with Crippen molar-refractivity contribution in [2.45, 2.75) is 12.5 Å². The number of nitrogens with zero attached hydrogens (tertiary/aromatic N) is 1. The van der Waals surface area contributed by atoms with Gasteiger partial charge in [0.25, 0.3) is 0 Å². The van der Waals surface area contributed by atoms with Crippen molar-refractivity contribution in [2.24, 2.45) is 0 Å². The number of likely N-dealkylation sites (N-methyl/N-ethyl adjacent to an activating group) is 1. The highest BCUT2D eigenvalue weighted by Crippen LogP contribution is 1.97. The summed E-state index contributed by atoms with van der Waals surface area (Å²) in [5.41, 5.74) is 0. The summed E-state index contributed by atoms with van der Waals surface area (Å²) in [6.45, 7) is 2.76. The number of amides is 1. The van der Waals surface area contributed by atoms with E-state index in [-0.39, 0.29) is 11.9 Å². The highest BCUT2D eigenvalue weighted by molar-refractivity contribution is 5.81. The average molecular weight is 171 g/mol. The summed E-state index contributed by atoms with van der Waals surface area (Å²) >= 11 is 0. The first kappa shape index (κ1) is 9.48. The van der Waals surface area contributed by atoms with E-state index in [4.69, 9.17) is 0 Å². The number of carbonyl (C=O) groups is 1. The molecule has 1 fully saturated rings. The lowest BCUT2D eigenvalue weighted by Crippen LogP contribution is -2.43. The number of hydrogen-bond acceptors (Lipinski definition) is 3. The van der Waals surface area contributed by atoms with Gasteiger partial charge in [0.2, 0.25) is 5.91 Å². The fourth-order valence-electron chi connectivity index (χ4n) is 1.33. The molecule has 0 aliphatic carbocycles. The zero-order chi connectivity index (χ0) is 8.97. The number of rotatable bonds is 1. The molecule has 0 radical (unpaired) electrons. The minimum atomic E-state index is 0.00926. The highest BCUT2D eigenvalue weighted by Gasteiger charge is 2.20. The minimum Gasteiger partial charge on any atom is -0.347 e. The van der Waals surface area contributed by atoms with Crippen LogP contribution >= 0.6 is 0 Å². The van der Waals surface area contributed by atoms with Gasteiger partial charge in [-0.2, -0.15) is 0 Å². The van der Waals surface area contributed by atoms with Gasteiger partial charge in [-0.1, -0.05) is 0 Å². The van der Waals surface area contributed by atoms with E-state index in [0.717, 1.165) is 26.1 Å². The molecule has 70 valence electrons. The van der Waals surface area contributed by atoms with E-state index in [1.807, 2.05) is 0 Å². The van der Waals surface area contributed by atoms with E-state index < -0.39 is 0 Å². The molecule has 0 aromatic heterocycles. The summed E-state index contributed by atoms with van der Waals surface area (Å²) in [6.07, 6.45) is 0.886. The van der Waals surface area contributed by atoms with Gasteiger partial charge < -0.3 is 15.5 Å². The summed E-state index contributed by atoms with van der Waals surface area (Å²) in [4.78, 5) is 13.1. The maximum Gasteiger partial charge on any atom is 0.239 e. The Morgan fingerprint density at radius 1 is 1.33 bits per heavy atom. The zero-order valence-electron chi connectivity index (χ0n) is 7.76. The lowest BCUT2D eigenvalue weighted by Gasteiger charge is -2.19. The Bertz CT molecular complexity index is 150. The van der Waals surface area contributed by atoms with Crippen LogP contribution in [0.25, 0.3) is 0 Å². The van der Waals surface area contributed by atoms with Gasteiger partial charge in [-0.3, -0.25) is 4.79 Å². The Labute approximate surface area is 73.3 Å². The molecular formula is C8H17N3O. The molecule has 2 N–H and O–H groups in total. The monoisotopic (exact) mass is 171 g/mol. The van der Waals surface area contributed by atoms with Crippen molar-refractivity contribution in [2.75, 3.05) is 33.7 Å². The second kappa shape index (κ2) is 4.42. The molecule has 1 unspecified atom stereocenters. The van der Waals surface area contributed by atoms with Crippen LogP contribution in [0.3, 0.4) is 0 Å². The molecule has 0 spiro atoms. The topological polar surface area (TPSA) is 44.4 Å². The fourth-order valence-corrected chi connectivity index (χ4v) is 1.33. The first-order valence-corrected chi connectivity index (χ1v) is 4.37. The summed E-state index contributed by atoms with van der Waals surface area (Å²) in [5.74, 6) is 0.179. The molecule has 0 aromatic carbocycles. The van der Waals surface area contributed by atoms with Crippen LogP contribution in [0.15, 0.2) is 0 Å². The van der Waals surface area contributed by atoms with Gasteiger partial charge in [-0.05, 0) is 13.0 Å². The zero-order valence-corrected chi connectivity index (χ0v) is 7.76. The largest absolute Gasteiger partial charge is 0.347 e. The van der Waals surface area contributed by atoms with Crippen LogP contribution in [0.2, 0.25) is 0 Å². The second-order valence-corrected chi connectivity index (χ2v) is 3.28. The van der Waals surface area contributed by atoms with E-state index in [1.54, 1.807) is 19.0 Å². The van der Waals surface area contributed by atoms with Crippen LogP contribution in [0.1, 0.15) is 6.42 Å². The van der Waals surface area contributed by atoms with E-state index in [2.05, 4.69) is 10.6 Å².